The summed E-state index contributed by atoms with van der Waals surface area (Å²) in [7, 11) is 0. The standard InChI is InChI=1S/C10H8F4S2/c11-8(12)10(13,14)9(15)16-6-7-4-2-1-3-5-7/h1-5,8H,6H2. The second-order valence-electron chi connectivity index (χ2n) is 2.99. The first kappa shape index (κ1) is 13.4. The number of rotatable bonds is 4. The molecule has 1 rings (SSSR count). The van der Waals surface area contributed by atoms with E-state index in [1.54, 1.807) is 30.3 Å². The summed E-state index contributed by atoms with van der Waals surface area (Å²) >= 11 is 4.86. The maximum atomic E-state index is 12.7. The summed E-state index contributed by atoms with van der Waals surface area (Å²) in [6, 6.07) is 8.70. The third-order valence-electron chi connectivity index (χ3n) is 1.76. The van der Waals surface area contributed by atoms with Crippen LogP contribution in [0.3, 0.4) is 0 Å². The van der Waals surface area contributed by atoms with Gasteiger partial charge in [0, 0.05) is 5.75 Å². The lowest BCUT2D eigenvalue weighted by Crippen LogP contribution is -2.33. The van der Waals surface area contributed by atoms with Crippen molar-refractivity contribution in [2.24, 2.45) is 0 Å². The number of halogens is 4. The molecule has 0 amide bonds. The van der Waals surface area contributed by atoms with Crippen LogP contribution in [0, 0.1) is 0 Å². The number of hydrogen-bond donors (Lipinski definition) is 0. The van der Waals surface area contributed by atoms with Crippen LogP contribution in [0.2, 0.25) is 0 Å². The van der Waals surface area contributed by atoms with Crippen LogP contribution in [-0.4, -0.2) is 16.5 Å². The van der Waals surface area contributed by atoms with E-state index in [-0.39, 0.29) is 5.75 Å². The molecule has 0 aliphatic carbocycles. The molecule has 0 atom stereocenters. The Hall–Kier alpha value is -0.620. The summed E-state index contributed by atoms with van der Waals surface area (Å²) < 4.78 is 48.4. The highest BCUT2D eigenvalue weighted by molar-refractivity contribution is 8.22. The largest absolute Gasteiger partial charge is 0.348 e. The molecule has 0 radical (unpaired) electrons. The summed E-state index contributed by atoms with van der Waals surface area (Å²) in [6.45, 7) is 0. The Morgan fingerprint density at radius 3 is 2.31 bits per heavy atom. The van der Waals surface area contributed by atoms with Gasteiger partial charge in [0.15, 0.2) is 0 Å². The fourth-order valence-electron chi connectivity index (χ4n) is 0.908. The number of thioether (sulfide) groups is 1. The smallest absolute Gasteiger partial charge is 0.203 e. The van der Waals surface area contributed by atoms with E-state index in [0.29, 0.717) is 11.8 Å². The van der Waals surface area contributed by atoms with Crippen molar-refractivity contribution >= 4 is 28.2 Å². The topological polar surface area (TPSA) is 0 Å². The minimum absolute atomic E-state index is 0.169. The molecule has 1 aromatic rings. The van der Waals surface area contributed by atoms with Gasteiger partial charge in [0.2, 0.25) is 0 Å². The molecule has 0 unspecified atom stereocenters. The number of alkyl halides is 4. The number of hydrogen-bond acceptors (Lipinski definition) is 2. The predicted molar refractivity (Wildman–Crippen MR) is 61.3 cm³/mol. The van der Waals surface area contributed by atoms with Crippen LogP contribution in [0.1, 0.15) is 5.56 Å². The zero-order valence-electron chi connectivity index (χ0n) is 8.00. The molecule has 0 saturated heterocycles. The molecule has 6 heteroatoms. The zero-order valence-corrected chi connectivity index (χ0v) is 9.63. The Kier molecular flexibility index (Phi) is 4.73. The summed E-state index contributed by atoms with van der Waals surface area (Å²) in [4.78, 5) is 0. The van der Waals surface area contributed by atoms with Crippen molar-refractivity contribution in [2.45, 2.75) is 18.1 Å². The van der Waals surface area contributed by atoms with Crippen molar-refractivity contribution in [2.75, 3.05) is 0 Å². The van der Waals surface area contributed by atoms with Crippen LogP contribution in [-0.2, 0) is 5.75 Å². The van der Waals surface area contributed by atoms with E-state index in [1.807, 2.05) is 0 Å². The van der Waals surface area contributed by atoms with Crippen LogP contribution >= 0.6 is 24.0 Å². The average molecular weight is 268 g/mol. The zero-order chi connectivity index (χ0) is 12.2. The Labute approximate surface area is 100 Å². The molecule has 16 heavy (non-hydrogen) atoms. The molecule has 0 aromatic heterocycles. The summed E-state index contributed by atoms with van der Waals surface area (Å²) in [5.41, 5.74) is 0.764. The van der Waals surface area contributed by atoms with Gasteiger partial charge in [-0.2, -0.15) is 8.78 Å². The van der Waals surface area contributed by atoms with Crippen molar-refractivity contribution in [1.29, 1.82) is 0 Å². The molecule has 88 valence electrons. The normalized spacial score (nSPS) is 11.8. The van der Waals surface area contributed by atoms with Gasteiger partial charge in [-0.05, 0) is 5.56 Å². The Bertz CT molecular complexity index is 351. The lowest BCUT2D eigenvalue weighted by Gasteiger charge is -2.15. The van der Waals surface area contributed by atoms with Crippen molar-refractivity contribution in [3.05, 3.63) is 35.9 Å². The first-order valence-electron chi connectivity index (χ1n) is 4.31. The minimum Gasteiger partial charge on any atom is -0.203 e. The SMILES string of the molecule is FC(F)C(F)(F)C(=S)SCc1ccccc1. The summed E-state index contributed by atoms with van der Waals surface area (Å²) in [5.74, 6) is -4.03. The van der Waals surface area contributed by atoms with Crippen molar-refractivity contribution in [1.82, 2.24) is 0 Å². The summed E-state index contributed by atoms with van der Waals surface area (Å²) in [5, 5.41) is 0. The molecular formula is C10H8F4S2. The highest BCUT2D eigenvalue weighted by Crippen LogP contribution is 2.31. The van der Waals surface area contributed by atoms with E-state index in [1.165, 1.54) is 0 Å². The number of thiocarbonyl (C=S) groups is 1. The molecule has 0 bridgehead atoms. The van der Waals surface area contributed by atoms with Gasteiger partial charge in [0.1, 0.15) is 4.20 Å². The molecule has 0 aliphatic heterocycles. The van der Waals surface area contributed by atoms with Gasteiger partial charge in [-0.25, -0.2) is 8.78 Å². The van der Waals surface area contributed by atoms with E-state index in [9.17, 15) is 17.6 Å². The van der Waals surface area contributed by atoms with E-state index < -0.39 is 16.5 Å². The molecule has 0 heterocycles. The van der Waals surface area contributed by atoms with Gasteiger partial charge in [-0.15, -0.1) is 11.8 Å². The minimum atomic E-state index is -4.20. The third kappa shape index (κ3) is 3.45. The van der Waals surface area contributed by atoms with Gasteiger partial charge >= 0.3 is 12.3 Å². The van der Waals surface area contributed by atoms with Gasteiger partial charge < -0.3 is 0 Å². The molecule has 0 fully saturated rings. The maximum absolute atomic E-state index is 12.7. The van der Waals surface area contributed by atoms with Crippen LogP contribution in [0.4, 0.5) is 17.6 Å². The highest BCUT2D eigenvalue weighted by Gasteiger charge is 2.45. The highest BCUT2D eigenvalue weighted by atomic mass is 32.2. The van der Waals surface area contributed by atoms with Crippen molar-refractivity contribution < 1.29 is 17.6 Å². The summed E-state index contributed by atoms with van der Waals surface area (Å²) in [6.07, 6.45) is -3.75. The lowest BCUT2D eigenvalue weighted by atomic mass is 10.2. The van der Waals surface area contributed by atoms with Gasteiger partial charge in [0.25, 0.3) is 0 Å². The molecule has 0 N–H and O–H groups in total. The Morgan fingerprint density at radius 1 is 1.25 bits per heavy atom. The molecule has 0 aliphatic rings. The quantitative estimate of drug-likeness (QED) is 0.594. The molecule has 1 aromatic carbocycles. The Morgan fingerprint density at radius 2 is 1.81 bits per heavy atom. The average Bonchev–Trinajstić information content (AvgIpc) is 2.27. The second kappa shape index (κ2) is 5.63. The van der Waals surface area contributed by atoms with Crippen LogP contribution in [0.25, 0.3) is 0 Å². The Balaban J connectivity index is 2.54. The van der Waals surface area contributed by atoms with Gasteiger partial charge in [-0.1, -0.05) is 42.5 Å². The van der Waals surface area contributed by atoms with Crippen molar-refractivity contribution in [3.8, 4) is 0 Å². The van der Waals surface area contributed by atoms with Crippen LogP contribution in [0.15, 0.2) is 30.3 Å². The van der Waals surface area contributed by atoms with Gasteiger partial charge in [0.05, 0.1) is 0 Å². The fraction of sp³-hybridized carbons (Fsp3) is 0.300. The third-order valence-corrected chi connectivity index (χ3v) is 3.40. The van der Waals surface area contributed by atoms with E-state index >= 15 is 0 Å². The van der Waals surface area contributed by atoms with E-state index in [4.69, 9.17) is 0 Å². The van der Waals surface area contributed by atoms with Crippen LogP contribution in [0.5, 0.6) is 0 Å². The fourth-order valence-corrected chi connectivity index (χ4v) is 1.95. The molecule has 0 spiro atoms. The predicted octanol–water partition coefficient (Wildman–Crippen LogP) is 4.15. The maximum Gasteiger partial charge on any atom is 0.348 e. The van der Waals surface area contributed by atoms with E-state index in [0.717, 1.165) is 5.56 Å². The second-order valence-corrected chi connectivity index (χ2v) is 4.64. The molecule has 0 saturated carbocycles. The van der Waals surface area contributed by atoms with E-state index in [2.05, 4.69) is 12.2 Å². The first-order chi connectivity index (χ1) is 7.44. The number of benzene rings is 1. The molecule has 0 nitrogen and oxygen atoms in total. The molecular weight excluding hydrogens is 260 g/mol. The van der Waals surface area contributed by atoms with Crippen molar-refractivity contribution in [3.63, 3.8) is 0 Å². The monoisotopic (exact) mass is 268 g/mol. The van der Waals surface area contributed by atoms with Gasteiger partial charge in [-0.3, -0.25) is 0 Å². The first-order valence-corrected chi connectivity index (χ1v) is 5.71. The van der Waals surface area contributed by atoms with Crippen LogP contribution < -0.4 is 0 Å². The lowest BCUT2D eigenvalue weighted by molar-refractivity contribution is -0.0710.